The van der Waals surface area contributed by atoms with Gasteiger partial charge in [0.25, 0.3) is 0 Å². The largest absolute Gasteiger partial charge is 0.256 e. The lowest BCUT2D eigenvalue weighted by atomic mass is 10.1. The number of rotatable bonds is 3. The average molecular weight is 253 g/mol. The van der Waals surface area contributed by atoms with Crippen molar-refractivity contribution in [3.8, 4) is 6.07 Å². The Bertz CT molecular complexity index is 618. The summed E-state index contributed by atoms with van der Waals surface area (Å²) in [6.45, 7) is 0. The van der Waals surface area contributed by atoms with Gasteiger partial charge in [0.15, 0.2) is 0 Å². The number of hydrogen-bond acceptors (Lipinski definition) is 4. The highest BCUT2D eigenvalue weighted by Gasteiger charge is 2.26. The van der Waals surface area contributed by atoms with E-state index >= 15 is 0 Å². The molecule has 3 rings (SSSR count). The van der Waals surface area contributed by atoms with Gasteiger partial charge in [-0.05, 0) is 31.1 Å². The molecule has 1 aliphatic carbocycles. The Kier molecular flexibility index (Phi) is 2.91. The molecule has 0 bridgehead atoms. The molecule has 0 atom stereocenters. The molecule has 1 saturated carbocycles. The monoisotopic (exact) mass is 253 g/mol. The molecule has 0 radical (unpaired) electrons. The van der Waals surface area contributed by atoms with Gasteiger partial charge in [-0.1, -0.05) is 6.07 Å². The minimum atomic E-state index is 0.559. The predicted octanol–water partition coefficient (Wildman–Crippen LogP) is 3.48. The van der Waals surface area contributed by atoms with Gasteiger partial charge in [-0.15, -0.1) is 11.3 Å². The third-order valence-electron chi connectivity index (χ3n) is 2.82. The lowest BCUT2D eigenvalue weighted by Gasteiger charge is -1.95. The third kappa shape index (κ3) is 2.31. The third-order valence-corrected chi connectivity index (χ3v) is 3.85. The molecule has 4 heteroatoms. The van der Waals surface area contributed by atoms with E-state index in [2.05, 4.69) is 16.0 Å². The summed E-state index contributed by atoms with van der Waals surface area (Å²) in [5, 5.41) is 12.4. The second kappa shape index (κ2) is 4.71. The summed E-state index contributed by atoms with van der Waals surface area (Å²) < 4.78 is 0. The second-order valence-electron chi connectivity index (χ2n) is 4.27. The van der Waals surface area contributed by atoms with Gasteiger partial charge in [0, 0.05) is 17.5 Å². The zero-order valence-electron chi connectivity index (χ0n) is 9.71. The molecular formula is C14H11N3S. The standard InChI is InChI=1S/C14H11N3S/c15-8-11(13-3-1-2-6-16-13)7-12-9-18-14(17-12)10-4-5-10/h1-3,6-7,9-10H,4-5H2. The first kappa shape index (κ1) is 11.1. The van der Waals surface area contributed by atoms with Crippen LogP contribution in [0.25, 0.3) is 11.6 Å². The average Bonchev–Trinajstić information content (AvgIpc) is 3.17. The van der Waals surface area contributed by atoms with Crippen molar-refractivity contribution < 1.29 is 0 Å². The number of hydrogen-bond donors (Lipinski definition) is 0. The van der Waals surface area contributed by atoms with Crippen LogP contribution in [-0.4, -0.2) is 9.97 Å². The number of nitrogens with zero attached hydrogens (tertiary/aromatic N) is 3. The van der Waals surface area contributed by atoms with Crippen LogP contribution in [0.1, 0.15) is 35.2 Å². The summed E-state index contributed by atoms with van der Waals surface area (Å²) in [6.07, 6.45) is 6.01. The molecule has 0 saturated heterocycles. The molecule has 0 aliphatic heterocycles. The first-order chi connectivity index (χ1) is 8.86. The summed E-state index contributed by atoms with van der Waals surface area (Å²) in [5.74, 6) is 0.664. The van der Waals surface area contributed by atoms with Gasteiger partial charge in [0.05, 0.1) is 22.0 Å². The van der Waals surface area contributed by atoms with Crippen LogP contribution < -0.4 is 0 Å². The van der Waals surface area contributed by atoms with Crippen LogP contribution in [0.5, 0.6) is 0 Å². The van der Waals surface area contributed by atoms with Crippen molar-refractivity contribution in [1.82, 2.24) is 9.97 Å². The van der Waals surface area contributed by atoms with Gasteiger partial charge >= 0.3 is 0 Å². The Morgan fingerprint density at radius 3 is 3.00 bits per heavy atom. The normalized spacial score (nSPS) is 15.4. The van der Waals surface area contributed by atoms with Crippen molar-refractivity contribution in [3.63, 3.8) is 0 Å². The minimum Gasteiger partial charge on any atom is -0.256 e. The van der Waals surface area contributed by atoms with Crippen molar-refractivity contribution >= 4 is 23.0 Å². The van der Waals surface area contributed by atoms with E-state index in [-0.39, 0.29) is 0 Å². The number of nitriles is 1. The summed E-state index contributed by atoms with van der Waals surface area (Å²) in [5.41, 5.74) is 2.12. The van der Waals surface area contributed by atoms with E-state index < -0.39 is 0 Å². The van der Waals surface area contributed by atoms with E-state index in [9.17, 15) is 5.26 Å². The Morgan fingerprint density at radius 1 is 1.44 bits per heavy atom. The molecule has 0 amide bonds. The van der Waals surface area contributed by atoms with Gasteiger partial charge in [0.2, 0.25) is 0 Å². The highest BCUT2D eigenvalue weighted by molar-refractivity contribution is 7.09. The molecule has 0 spiro atoms. The molecule has 0 N–H and O–H groups in total. The fraction of sp³-hybridized carbons (Fsp3) is 0.214. The summed E-state index contributed by atoms with van der Waals surface area (Å²) in [6, 6.07) is 7.74. The quantitative estimate of drug-likeness (QED) is 0.787. The summed E-state index contributed by atoms with van der Waals surface area (Å²) in [4.78, 5) is 8.73. The van der Waals surface area contributed by atoms with Crippen LogP contribution in [0.3, 0.4) is 0 Å². The van der Waals surface area contributed by atoms with E-state index in [1.165, 1.54) is 17.8 Å². The number of thiazole rings is 1. The summed E-state index contributed by atoms with van der Waals surface area (Å²) in [7, 11) is 0. The van der Waals surface area contributed by atoms with Crippen molar-refractivity contribution in [2.45, 2.75) is 18.8 Å². The van der Waals surface area contributed by atoms with Crippen LogP contribution in [-0.2, 0) is 0 Å². The van der Waals surface area contributed by atoms with Crippen molar-refractivity contribution in [3.05, 3.63) is 46.2 Å². The molecular weight excluding hydrogens is 242 g/mol. The molecule has 2 aromatic rings. The van der Waals surface area contributed by atoms with Gasteiger partial charge in [-0.25, -0.2) is 4.98 Å². The van der Waals surface area contributed by atoms with Crippen molar-refractivity contribution in [1.29, 1.82) is 5.26 Å². The van der Waals surface area contributed by atoms with Crippen LogP contribution in [0.4, 0.5) is 0 Å². The highest BCUT2D eigenvalue weighted by atomic mass is 32.1. The molecule has 2 aromatic heterocycles. The fourth-order valence-corrected chi connectivity index (χ4v) is 2.67. The zero-order chi connectivity index (χ0) is 12.4. The van der Waals surface area contributed by atoms with Crippen molar-refractivity contribution in [2.75, 3.05) is 0 Å². The smallest absolute Gasteiger partial charge is 0.101 e. The maximum Gasteiger partial charge on any atom is 0.101 e. The van der Waals surface area contributed by atoms with E-state index in [4.69, 9.17) is 0 Å². The molecule has 1 aliphatic rings. The zero-order valence-corrected chi connectivity index (χ0v) is 10.5. The SMILES string of the molecule is N#CC(=Cc1csc(C2CC2)n1)c1ccccn1. The van der Waals surface area contributed by atoms with Crippen LogP contribution in [0.2, 0.25) is 0 Å². The van der Waals surface area contributed by atoms with Gasteiger partial charge < -0.3 is 0 Å². The highest BCUT2D eigenvalue weighted by Crippen LogP contribution is 2.41. The topological polar surface area (TPSA) is 49.6 Å². The number of pyridine rings is 1. The van der Waals surface area contributed by atoms with E-state index in [0.717, 1.165) is 5.69 Å². The molecule has 88 valence electrons. The molecule has 0 aromatic carbocycles. The van der Waals surface area contributed by atoms with Crippen LogP contribution >= 0.6 is 11.3 Å². The Hall–Kier alpha value is -1.99. The lowest BCUT2D eigenvalue weighted by molar-refractivity contribution is 1.08. The molecule has 3 nitrogen and oxygen atoms in total. The maximum atomic E-state index is 9.19. The lowest BCUT2D eigenvalue weighted by Crippen LogP contribution is -1.86. The fourth-order valence-electron chi connectivity index (χ4n) is 1.72. The first-order valence-electron chi connectivity index (χ1n) is 5.85. The Labute approximate surface area is 109 Å². The van der Waals surface area contributed by atoms with Crippen LogP contribution in [0.15, 0.2) is 29.8 Å². The number of allylic oxidation sites excluding steroid dienone is 1. The second-order valence-corrected chi connectivity index (χ2v) is 5.16. The maximum absolute atomic E-state index is 9.19. The molecule has 2 heterocycles. The van der Waals surface area contributed by atoms with E-state index in [1.54, 1.807) is 17.5 Å². The van der Waals surface area contributed by atoms with Crippen molar-refractivity contribution in [2.24, 2.45) is 0 Å². The molecule has 18 heavy (non-hydrogen) atoms. The van der Waals surface area contributed by atoms with Gasteiger partial charge in [-0.3, -0.25) is 4.98 Å². The summed E-state index contributed by atoms with van der Waals surface area (Å²) >= 11 is 1.68. The molecule has 0 unspecified atom stereocenters. The van der Waals surface area contributed by atoms with E-state index in [0.29, 0.717) is 17.2 Å². The Balaban J connectivity index is 1.90. The molecule has 1 fully saturated rings. The van der Waals surface area contributed by atoms with Crippen LogP contribution in [0, 0.1) is 11.3 Å². The van der Waals surface area contributed by atoms with Gasteiger partial charge in [-0.2, -0.15) is 5.26 Å². The van der Waals surface area contributed by atoms with Gasteiger partial charge in [0.1, 0.15) is 6.07 Å². The van der Waals surface area contributed by atoms with E-state index in [1.807, 2.05) is 29.7 Å². The first-order valence-corrected chi connectivity index (χ1v) is 6.73. The number of aromatic nitrogens is 2. The minimum absolute atomic E-state index is 0.559. The predicted molar refractivity (Wildman–Crippen MR) is 71.8 cm³/mol. The Morgan fingerprint density at radius 2 is 2.33 bits per heavy atom.